The number of nitrogens with one attached hydrogen (secondary N) is 1. The average Bonchev–Trinajstić information content (AvgIpc) is 2.74. The predicted octanol–water partition coefficient (Wildman–Crippen LogP) is 6.43. The second-order valence-corrected chi connectivity index (χ2v) is 7.69. The third kappa shape index (κ3) is 4.19. The molecule has 0 aliphatic carbocycles. The number of pyridine rings is 1. The highest BCUT2D eigenvalue weighted by Crippen LogP contribution is 2.29. The highest BCUT2D eigenvalue weighted by Gasteiger charge is 2.12. The highest BCUT2D eigenvalue weighted by atomic mass is 35.5. The Labute approximate surface area is 172 Å². The van der Waals surface area contributed by atoms with Gasteiger partial charge in [0.1, 0.15) is 0 Å². The molecule has 0 fully saturated rings. The summed E-state index contributed by atoms with van der Waals surface area (Å²) in [6, 6.07) is 24.9. The van der Waals surface area contributed by atoms with Crippen LogP contribution in [0, 0.1) is 0 Å². The van der Waals surface area contributed by atoms with Gasteiger partial charge in [-0.2, -0.15) is 0 Å². The summed E-state index contributed by atoms with van der Waals surface area (Å²) in [6.45, 7) is 0. The van der Waals surface area contributed by atoms with Crippen molar-refractivity contribution in [1.82, 2.24) is 4.98 Å². The molecule has 28 heavy (non-hydrogen) atoms. The number of carbonyl (C=O) groups is 1. The molecular weight excluding hydrogens is 388 g/mol. The monoisotopic (exact) mass is 404 g/mol. The number of nitrogens with zero attached hydrogens (tertiary/aromatic N) is 1. The number of para-hydroxylation sites is 1. The van der Waals surface area contributed by atoms with Crippen molar-refractivity contribution in [2.24, 2.45) is 0 Å². The number of benzene rings is 3. The van der Waals surface area contributed by atoms with Crippen molar-refractivity contribution >= 4 is 45.9 Å². The maximum atomic E-state index is 12.8. The third-order valence-electron chi connectivity index (χ3n) is 4.36. The van der Waals surface area contributed by atoms with E-state index < -0.39 is 0 Å². The lowest BCUT2D eigenvalue weighted by Crippen LogP contribution is -2.12. The van der Waals surface area contributed by atoms with Crippen LogP contribution in [0.15, 0.2) is 90.0 Å². The Bertz CT molecular complexity index is 1120. The number of halogens is 1. The van der Waals surface area contributed by atoms with Crippen LogP contribution >= 0.6 is 23.4 Å². The molecule has 3 aromatic carbocycles. The Hall–Kier alpha value is -2.82. The van der Waals surface area contributed by atoms with Gasteiger partial charge >= 0.3 is 0 Å². The van der Waals surface area contributed by atoms with E-state index in [2.05, 4.69) is 16.4 Å². The second-order valence-electron chi connectivity index (χ2n) is 6.23. The van der Waals surface area contributed by atoms with Crippen molar-refractivity contribution in [1.29, 1.82) is 0 Å². The molecule has 0 radical (unpaired) electrons. The van der Waals surface area contributed by atoms with Crippen molar-refractivity contribution in [2.75, 3.05) is 5.32 Å². The summed E-state index contributed by atoms with van der Waals surface area (Å²) >= 11 is 7.56. The number of amides is 1. The number of carbonyl (C=O) groups excluding carboxylic acids is 1. The van der Waals surface area contributed by atoms with E-state index in [1.807, 2.05) is 54.7 Å². The standard InChI is InChI=1S/C23H17ClN2OS/c24-17-9-11-18(12-10-17)26-23(27)20-6-2-4-8-22(20)28-15-16-13-14-25-21-7-3-1-5-19(16)21/h1-14H,15H2,(H,26,27). The first-order chi connectivity index (χ1) is 13.7. The van der Waals surface area contributed by atoms with Crippen LogP contribution in [0.5, 0.6) is 0 Å². The molecule has 1 amide bonds. The summed E-state index contributed by atoms with van der Waals surface area (Å²) in [5, 5.41) is 4.71. The van der Waals surface area contributed by atoms with E-state index in [1.165, 1.54) is 5.56 Å². The van der Waals surface area contributed by atoms with Crippen LogP contribution in [0.25, 0.3) is 10.9 Å². The first-order valence-electron chi connectivity index (χ1n) is 8.82. The van der Waals surface area contributed by atoms with Crippen LogP contribution in [-0.2, 0) is 5.75 Å². The van der Waals surface area contributed by atoms with E-state index in [0.29, 0.717) is 16.3 Å². The average molecular weight is 405 g/mol. The van der Waals surface area contributed by atoms with Crippen molar-refractivity contribution < 1.29 is 4.79 Å². The predicted molar refractivity (Wildman–Crippen MR) is 117 cm³/mol. The fourth-order valence-corrected chi connectivity index (χ4v) is 4.13. The SMILES string of the molecule is O=C(Nc1ccc(Cl)cc1)c1ccccc1SCc1ccnc2ccccc12. The summed E-state index contributed by atoms with van der Waals surface area (Å²) in [5.41, 5.74) is 3.55. The molecule has 0 aliphatic heterocycles. The third-order valence-corrected chi connectivity index (χ3v) is 5.73. The number of hydrogen-bond donors (Lipinski definition) is 1. The smallest absolute Gasteiger partial charge is 0.256 e. The van der Waals surface area contributed by atoms with Crippen molar-refractivity contribution in [3.05, 3.63) is 101 Å². The molecule has 1 heterocycles. The Morgan fingerprint density at radius 1 is 0.929 bits per heavy atom. The van der Waals surface area contributed by atoms with Gasteiger partial charge in [-0.05, 0) is 54.1 Å². The lowest BCUT2D eigenvalue weighted by atomic mass is 10.1. The quantitative estimate of drug-likeness (QED) is 0.389. The summed E-state index contributed by atoms with van der Waals surface area (Å²) < 4.78 is 0. The fourth-order valence-electron chi connectivity index (χ4n) is 2.95. The number of fused-ring (bicyclic) bond motifs is 1. The maximum Gasteiger partial charge on any atom is 0.256 e. The number of thioether (sulfide) groups is 1. The first kappa shape index (κ1) is 18.5. The molecule has 1 N–H and O–H groups in total. The topological polar surface area (TPSA) is 42.0 Å². The van der Waals surface area contributed by atoms with Gasteiger partial charge in [0.25, 0.3) is 5.91 Å². The Kier molecular flexibility index (Phi) is 5.60. The van der Waals surface area contributed by atoms with Crippen molar-refractivity contribution in [3.63, 3.8) is 0 Å². The molecule has 0 saturated carbocycles. The van der Waals surface area contributed by atoms with E-state index in [-0.39, 0.29) is 5.91 Å². The van der Waals surface area contributed by atoms with Gasteiger partial charge in [-0.15, -0.1) is 11.8 Å². The Morgan fingerprint density at radius 2 is 1.68 bits per heavy atom. The summed E-state index contributed by atoms with van der Waals surface area (Å²) in [5.74, 6) is 0.624. The molecule has 0 unspecified atom stereocenters. The molecule has 4 rings (SSSR count). The minimum Gasteiger partial charge on any atom is -0.322 e. The van der Waals surface area contributed by atoms with Crippen molar-refractivity contribution in [2.45, 2.75) is 10.6 Å². The molecular formula is C23H17ClN2OS. The first-order valence-corrected chi connectivity index (χ1v) is 10.2. The number of rotatable bonds is 5. The van der Waals surface area contributed by atoms with Crippen LogP contribution in [0.2, 0.25) is 5.02 Å². The van der Waals surface area contributed by atoms with E-state index in [1.54, 1.807) is 36.0 Å². The van der Waals surface area contributed by atoms with Crippen LogP contribution in [-0.4, -0.2) is 10.9 Å². The van der Waals surface area contributed by atoms with E-state index >= 15 is 0 Å². The molecule has 1 aromatic heterocycles. The summed E-state index contributed by atoms with van der Waals surface area (Å²) in [4.78, 5) is 18.1. The molecule has 0 saturated heterocycles. The second kappa shape index (κ2) is 8.46. The maximum absolute atomic E-state index is 12.8. The van der Waals surface area contributed by atoms with E-state index in [4.69, 9.17) is 11.6 Å². The van der Waals surface area contributed by atoms with Gasteiger partial charge in [-0.3, -0.25) is 9.78 Å². The largest absolute Gasteiger partial charge is 0.322 e. The molecule has 0 aliphatic rings. The van der Waals surface area contributed by atoms with E-state index in [0.717, 1.165) is 21.6 Å². The molecule has 3 nitrogen and oxygen atoms in total. The highest BCUT2D eigenvalue weighted by molar-refractivity contribution is 7.98. The number of hydrogen-bond acceptors (Lipinski definition) is 3. The van der Waals surface area contributed by atoms with Crippen molar-refractivity contribution in [3.8, 4) is 0 Å². The minimum atomic E-state index is -0.134. The van der Waals surface area contributed by atoms with Gasteiger partial charge in [-0.25, -0.2) is 0 Å². The number of aromatic nitrogens is 1. The molecule has 0 spiro atoms. The zero-order valence-electron chi connectivity index (χ0n) is 14.9. The Balaban J connectivity index is 1.54. The van der Waals surface area contributed by atoms with Gasteiger partial charge in [-0.1, -0.05) is 41.9 Å². The lowest BCUT2D eigenvalue weighted by molar-refractivity contribution is 0.102. The zero-order valence-corrected chi connectivity index (χ0v) is 16.5. The van der Waals surface area contributed by atoms with Gasteiger partial charge in [0.2, 0.25) is 0 Å². The van der Waals surface area contributed by atoms with Gasteiger partial charge < -0.3 is 5.32 Å². The molecule has 5 heteroatoms. The molecule has 4 aromatic rings. The molecule has 0 bridgehead atoms. The molecule has 138 valence electrons. The summed E-state index contributed by atoms with van der Waals surface area (Å²) in [6.07, 6.45) is 1.83. The van der Waals surface area contributed by atoms with Crippen LogP contribution < -0.4 is 5.32 Å². The minimum absolute atomic E-state index is 0.134. The van der Waals surface area contributed by atoms with E-state index in [9.17, 15) is 4.79 Å². The van der Waals surface area contributed by atoms with Gasteiger partial charge in [0.05, 0.1) is 11.1 Å². The Morgan fingerprint density at radius 3 is 2.54 bits per heavy atom. The van der Waals surface area contributed by atoms with Crippen LogP contribution in [0.3, 0.4) is 0 Å². The van der Waals surface area contributed by atoms with Crippen LogP contribution in [0.1, 0.15) is 15.9 Å². The van der Waals surface area contributed by atoms with Crippen LogP contribution in [0.4, 0.5) is 5.69 Å². The lowest BCUT2D eigenvalue weighted by Gasteiger charge is -2.11. The fraction of sp³-hybridized carbons (Fsp3) is 0.0435. The van der Waals surface area contributed by atoms with Gasteiger partial charge in [0.15, 0.2) is 0 Å². The molecule has 0 atom stereocenters. The van der Waals surface area contributed by atoms with Gasteiger partial charge in [0, 0.05) is 32.9 Å². The number of anilines is 1. The normalized spacial score (nSPS) is 10.8. The summed E-state index contributed by atoms with van der Waals surface area (Å²) in [7, 11) is 0. The zero-order chi connectivity index (χ0) is 19.3.